The van der Waals surface area contributed by atoms with Crippen LogP contribution in [-0.4, -0.2) is 38.5 Å². The molecular formula is C20H23NO5S. The first-order valence-corrected chi connectivity index (χ1v) is 9.29. The van der Waals surface area contributed by atoms with E-state index in [1.165, 1.54) is 31.5 Å². The average molecular weight is 389 g/mol. The Morgan fingerprint density at radius 1 is 1.04 bits per heavy atom. The molecule has 1 amide bonds. The highest BCUT2D eigenvalue weighted by Crippen LogP contribution is 2.28. The van der Waals surface area contributed by atoms with Crippen LogP contribution in [0.5, 0.6) is 11.5 Å². The van der Waals surface area contributed by atoms with Crippen LogP contribution in [0.15, 0.2) is 41.3 Å². The number of amides is 1. The summed E-state index contributed by atoms with van der Waals surface area (Å²) in [6, 6.07) is 11.1. The van der Waals surface area contributed by atoms with Gasteiger partial charge in [0.2, 0.25) is 0 Å². The minimum Gasteiger partial charge on any atom is -0.497 e. The van der Waals surface area contributed by atoms with Gasteiger partial charge in [0, 0.05) is 11.0 Å². The van der Waals surface area contributed by atoms with E-state index >= 15 is 0 Å². The molecule has 0 saturated carbocycles. The molecule has 0 fully saturated rings. The van der Waals surface area contributed by atoms with Gasteiger partial charge in [-0.2, -0.15) is 0 Å². The molecule has 0 aliphatic heterocycles. The molecule has 7 heteroatoms. The number of hydrogen-bond acceptors (Lipinski definition) is 6. The van der Waals surface area contributed by atoms with E-state index in [9.17, 15) is 9.59 Å². The molecular weight excluding hydrogens is 366 g/mol. The molecule has 2 aromatic carbocycles. The normalized spacial score (nSPS) is 10.2. The number of nitrogens with one attached hydrogen (secondary N) is 1. The number of esters is 1. The van der Waals surface area contributed by atoms with E-state index in [1.54, 1.807) is 18.2 Å². The summed E-state index contributed by atoms with van der Waals surface area (Å²) in [6.45, 7) is 3.65. The van der Waals surface area contributed by atoms with E-state index in [1.807, 2.05) is 26.0 Å². The predicted molar refractivity (Wildman–Crippen MR) is 106 cm³/mol. The van der Waals surface area contributed by atoms with E-state index < -0.39 is 11.9 Å². The maximum absolute atomic E-state index is 12.1. The van der Waals surface area contributed by atoms with Crippen molar-refractivity contribution in [3.05, 3.63) is 47.5 Å². The van der Waals surface area contributed by atoms with Crippen LogP contribution in [-0.2, 0) is 14.3 Å². The molecule has 6 nitrogen and oxygen atoms in total. The number of rotatable bonds is 8. The molecule has 144 valence electrons. The van der Waals surface area contributed by atoms with Crippen molar-refractivity contribution in [2.45, 2.75) is 18.7 Å². The highest BCUT2D eigenvalue weighted by atomic mass is 32.2. The molecule has 0 aliphatic rings. The van der Waals surface area contributed by atoms with E-state index in [-0.39, 0.29) is 12.4 Å². The third-order valence-corrected chi connectivity index (χ3v) is 4.87. The van der Waals surface area contributed by atoms with Crippen molar-refractivity contribution in [2.75, 3.05) is 31.9 Å². The highest BCUT2D eigenvalue weighted by molar-refractivity contribution is 8.00. The highest BCUT2D eigenvalue weighted by Gasteiger charge is 2.12. The molecule has 0 heterocycles. The number of hydrogen-bond donors (Lipinski definition) is 1. The first-order chi connectivity index (χ1) is 12.9. The Bertz CT molecular complexity index is 822. The van der Waals surface area contributed by atoms with Gasteiger partial charge in [0.15, 0.2) is 6.61 Å². The van der Waals surface area contributed by atoms with Gasteiger partial charge < -0.3 is 19.5 Å². The quantitative estimate of drug-likeness (QED) is 0.549. The number of carbonyl (C=O) groups excluding carboxylic acids is 2. The van der Waals surface area contributed by atoms with Crippen LogP contribution in [0, 0.1) is 13.8 Å². The molecule has 27 heavy (non-hydrogen) atoms. The van der Waals surface area contributed by atoms with Gasteiger partial charge in [0.1, 0.15) is 11.5 Å². The fourth-order valence-electron chi connectivity index (χ4n) is 2.38. The van der Waals surface area contributed by atoms with Crippen LogP contribution >= 0.6 is 11.8 Å². The number of carbonyl (C=O) groups is 2. The van der Waals surface area contributed by atoms with Crippen LogP contribution in [0.25, 0.3) is 0 Å². The lowest BCUT2D eigenvalue weighted by molar-refractivity contribution is -0.144. The summed E-state index contributed by atoms with van der Waals surface area (Å²) in [5, 5.41) is 2.65. The van der Waals surface area contributed by atoms with Crippen molar-refractivity contribution >= 4 is 29.3 Å². The van der Waals surface area contributed by atoms with Gasteiger partial charge in [0.25, 0.3) is 5.91 Å². The van der Waals surface area contributed by atoms with Crippen molar-refractivity contribution in [1.29, 1.82) is 0 Å². The zero-order valence-corrected chi connectivity index (χ0v) is 16.6. The summed E-state index contributed by atoms with van der Waals surface area (Å²) in [7, 11) is 3.03. The van der Waals surface area contributed by atoms with Gasteiger partial charge >= 0.3 is 5.97 Å². The van der Waals surface area contributed by atoms with Crippen LogP contribution in [0.1, 0.15) is 11.1 Å². The Morgan fingerprint density at radius 3 is 2.48 bits per heavy atom. The second-order valence-electron chi connectivity index (χ2n) is 5.83. The lowest BCUT2D eigenvalue weighted by Gasteiger charge is -2.12. The van der Waals surface area contributed by atoms with E-state index in [0.717, 1.165) is 10.5 Å². The maximum Gasteiger partial charge on any atom is 0.316 e. The maximum atomic E-state index is 12.1. The molecule has 2 aromatic rings. The van der Waals surface area contributed by atoms with E-state index in [4.69, 9.17) is 14.2 Å². The minimum absolute atomic E-state index is 0.139. The first-order valence-electron chi connectivity index (χ1n) is 8.30. The zero-order chi connectivity index (χ0) is 19.8. The molecule has 0 aromatic heterocycles. The van der Waals surface area contributed by atoms with Crippen molar-refractivity contribution in [3.63, 3.8) is 0 Å². The average Bonchev–Trinajstić information content (AvgIpc) is 2.65. The van der Waals surface area contributed by atoms with Gasteiger partial charge in [-0.25, -0.2) is 0 Å². The number of thioether (sulfide) groups is 1. The Morgan fingerprint density at radius 2 is 1.81 bits per heavy atom. The van der Waals surface area contributed by atoms with Crippen LogP contribution in [0.2, 0.25) is 0 Å². The second-order valence-corrected chi connectivity index (χ2v) is 6.85. The van der Waals surface area contributed by atoms with Crippen molar-refractivity contribution in [2.24, 2.45) is 0 Å². The third-order valence-electron chi connectivity index (χ3n) is 3.72. The van der Waals surface area contributed by atoms with Gasteiger partial charge in [0.05, 0.1) is 25.7 Å². The molecule has 2 rings (SSSR count). The SMILES string of the molecule is COc1ccc(OC)c(NC(=O)COC(=O)CSc2ccc(C)cc2C)c1. The number of aryl methyl sites for hydroxylation is 2. The predicted octanol–water partition coefficient (Wildman–Crippen LogP) is 3.59. The molecule has 0 atom stereocenters. The lowest BCUT2D eigenvalue weighted by atomic mass is 10.2. The summed E-state index contributed by atoms with van der Waals surface area (Å²) in [5.41, 5.74) is 2.72. The number of benzene rings is 2. The molecule has 0 radical (unpaired) electrons. The molecule has 0 unspecified atom stereocenters. The summed E-state index contributed by atoms with van der Waals surface area (Å²) >= 11 is 1.39. The zero-order valence-electron chi connectivity index (χ0n) is 15.8. The van der Waals surface area contributed by atoms with Gasteiger partial charge in [-0.15, -0.1) is 11.8 Å². The smallest absolute Gasteiger partial charge is 0.316 e. The Balaban J connectivity index is 1.83. The van der Waals surface area contributed by atoms with Gasteiger partial charge in [-0.1, -0.05) is 17.7 Å². The number of ether oxygens (including phenoxy) is 3. The molecule has 0 spiro atoms. The fraction of sp³-hybridized carbons (Fsp3) is 0.300. The standard InChI is InChI=1S/C20H23NO5S/c1-13-5-8-18(14(2)9-13)27-12-20(23)26-11-19(22)21-16-10-15(24-3)6-7-17(16)25-4/h5-10H,11-12H2,1-4H3,(H,21,22). The fourth-order valence-corrected chi connectivity index (χ4v) is 3.19. The Kier molecular flexibility index (Phi) is 7.55. The second kappa shape index (κ2) is 9.87. The third kappa shape index (κ3) is 6.21. The van der Waals surface area contributed by atoms with E-state index in [0.29, 0.717) is 17.2 Å². The summed E-state index contributed by atoms with van der Waals surface area (Å²) < 4.78 is 15.4. The van der Waals surface area contributed by atoms with Gasteiger partial charge in [-0.3, -0.25) is 9.59 Å². The Labute approximate surface area is 163 Å². The van der Waals surface area contributed by atoms with Crippen molar-refractivity contribution in [1.82, 2.24) is 0 Å². The van der Waals surface area contributed by atoms with Gasteiger partial charge in [-0.05, 0) is 37.6 Å². The number of anilines is 1. The lowest BCUT2D eigenvalue weighted by Crippen LogP contribution is -2.22. The van der Waals surface area contributed by atoms with Crippen molar-refractivity contribution in [3.8, 4) is 11.5 Å². The molecule has 1 N–H and O–H groups in total. The summed E-state index contributed by atoms with van der Waals surface area (Å²) in [5.74, 6) is 0.299. The molecule has 0 saturated heterocycles. The van der Waals surface area contributed by atoms with Crippen LogP contribution in [0.4, 0.5) is 5.69 Å². The Hall–Kier alpha value is -2.67. The van der Waals surface area contributed by atoms with E-state index in [2.05, 4.69) is 11.4 Å². The first kappa shape index (κ1) is 20.6. The summed E-state index contributed by atoms with van der Waals surface area (Å²) in [4.78, 5) is 25.0. The summed E-state index contributed by atoms with van der Waals surface area (Å²) in [6.07, 6.45) is 0. The van der Waals surface area contributed by atoms with Crippen LogP contribution in [0.3, 0.4) is 0 Å². The largest absolute Gasteiger partial charge is 0.497 e. The number of methoxy groups -OCH3 is 2. The molecule has 0 aliphatic carbocycles. The topological polar surface area (TPSA) is 73.9 Å². The minimum atomic E-state index is -0.452. The van der Waals surface area contributed by atoms with Crippen LogP contribution < -0.4 is 14.8 Å². The molecule has 0 bridgehead atoms. The monoisotopic (exact) mass is 389 g/mol. The van der Waals surface area contributed by atoms with Crippen molar-refractivity contribution < 1.29 is 23.8 Å².